The molecular formula is C23H21ClN4O6. The molecule has 1 amide bonds. The van der Waals surface area contributed by atoms with Crippen molar-refractivity contribution in [3.05, 3.63) is 79.5 Å². The van der Waals surface area contributed by atoms with E-state index >= 15 is 0 Å². The van der Waals surface area contributed by atoms with Gasteiger partial charge >= 0.3 is 5.69 Å². The van der Waals surface area contributed by atoms with Gasteiger partial charge in [0, 0.05) is 30.0 Å². The molecule has 176 valence electrons. The van der Waals surface area contributed by atoms with Gasteiger partial charge in [-0.3, -0.25) is 14.6 Å². The van der Waals surface area contributed by atoms with Gasteiger partial charge in [0.15, 0.2) is 0 Å². The highest BCUT2D eigenvalue weighted by atomic mass is 35.5. The van der Waals surface area contributed by atoms with Crippen molar-refractivity contribution < 1.29 is 19.4 Å². The maximum Gasteiger partial charge on any atom is 0.335 e. The Kier molecular flexibility index (Phi) is 6.16. The Labute approximate surface area is 198 Å². The molecule has 0 fully saturated rings. The topological polar surface area (TPSA) is 126 Å². The largest absolute Gasteiger partial charge is 0.497 e. The summed E-state index contributed by atoms with van der Waals surface area (Å²) in [6.07, 6.45) is 0.0950. The fourth-order valence-corrected chi connectivity index (χ4v) is 4.03. The van der Waals surface area contributed by atoms with Gasteiger partial charge in [0.25, 0.3) is 5.56 Å². The molecule has 0 aliphatic carbocycles. The second kappa shape index (κ2) is 9.06. The standard InChI is InChI=1S/C23H21ClN4O6/c1-12(29)28-18(16-9-8-15(33-2)10-19(16)34-3)11-17(26-28)20-21(30)25-23(32)27(22(20)31)14-6-4-13(24)5-7-14/h4-10,18,31H,11H2,1-3H3,(H,25,30,32)/t18-/m1/s1. The first-order chi connectivity index (χ1) is 16.2. The van der Waals surface area contributed by atoms with Crippen LogP contribution in [0.15, 0.2) is 57.2 Å². The summed E-state index contributed by atoms with van der Waals surface area (Å²) in [6.45, 7) is 1.34. The van der Waals surface area contributed by atoms with Crippen LogP contribution in [0.3, 0.4) is 0 Å². The highest BCUT2D eigenvalue weighted by Crippen LogP contribution is 2.39. The molecule has 1 aromatic heterocycles. The number of H-pyrrole nitrogens is 1. The number of methoxy groups -OCH3 is 2. The smallest absolute Gasteiger partial charge is 0.335 e. The highest BCUT2D eigenvalue weighted by molar-refractivity contribution is 6.30. The minimum atomic E-state index is -0.830. The van der Waals surface area contributed by atoms with Crippen LogP contribution in [0.4, 0.5) is 0 Å². The van der Waals surface area contributed by atoms with Crippen molar-refractivity contribution in [3.63, 3.8) is 0 Å². The fourth-order valence-electron chi connectivity index (χ4n) is 3.90. The zero-order valence-corrected chi connectivity index (χ0v) is 19.3. The summed E-state index contributed by atoms with van der Waals surface area (Å²) in [5.74, 6) is 0.0649. The van der Waals surface area contributed by atoms with E-state index in [1.807, 2.05) is 0 Å². The SMILES string of the molecule is COc1ccc([C@H]2CC(c3c(O)n(-c4ccc(Cl)cc4)c(=O)[nH]c3=O)=NN2C(C)=O)c(OC)c1. The van der Waals surface area contributed by atoms with Crippen molar-refractivity contribution in [1.82, 2.24) is 14.6 Å². The number of carbonyl (C=O) groups excluding carboxylic acids is 1. The lowest BCUT2D eigenvalue weighted by Crippen LogP contribution is -2.33. The van der Waals surface area contributed by atoms with E-state index in [9.17, 15) is 19.5 Å². The van der Waals surface area contributed by atoms with Gasteiger partial charge < -0.3 is 14.6 Å². The third-order valence-electron chi connectivity index (χ3n) is 5.49. The Balaban J connectivity index is 1.83. The van der Waals surface area contributed by atoms with Crippen LogP contribution in [-0.2, 0) is 4.79 Å². The highest BCUT2D eigenvalue weighted by Gasteiger charge is 2.36. The number of nitrogens with zero attached hydrogens (tertiary/aromatic N) is 3. The average molecular weight is 485 g/mol. The number of carbonyl (C=O) groups is 1. The summed E-state index contributed by atoms with van der Waals surface area (Å²) < 4.78 is 11.7. The van der Waals surface area contributed by atoms with E-state index in [-0.39, 0.29) is 23.6 Å². The van der Waals surface area contributed by atoms with E-state index in [4.69, 9.17) is 21.1 Å². The number of hydrogen-bond acceptors (Lipinski definition) is 7. The number of aromatic nitrogens is 2. The monoisotopic (exact) mass is 484 g/mol. The number of amides is 1. The van der Waals surface area contributed by atoms with E-state index in [0.717, 1.165) is 4.57 Å². The molecular weight excluding hydrogens is 464 g/mol. The number of nitrogens with one attached hydrogen (secondary N) is 1. The van der Waals surface area contributed by atoms with Crippen LogP contribution in [0, 0.1) is 0 Å². The second-order valence-electron chi connectivity index (χ2n) is 7.51. The molecule has 34 heavy (non-hydrogen) atoms. The van der Waals surface area contributed by atoms with E-state index < -0.39 is 23.2 Å². The lowest BCUT2D eigenvalue weighted by atomic mass is 9.98. The van der Waals surface area contributed by atoms with Crippen molar-refractivity contribution in [1.29, 1.82) is 0 Å². The first-order valence-electron chi connectivity index (χ1n) is 10.2. The van der Waals surface area contributed by atoms with Crippen molar-refractivity contribution in [3.8, 4) is 23.1 Å². The van der Waals surface area contributed by atoms with Gasteiger partial charge in [0.05, 0.1) is 31.7 Å². The maximum absolute atomic E-state index is 12.7. The Morgan fingerprint density at radius 2 is 1.85 bits per heavy atom. The summed E-state index contributed by atoms with van der Waals surface area (Å²) in [5, 5.41) is 17.0. The van der Waals surface area contributed by atoms with Gasteiger partial charge in [-0.2, -0.15) is 5.10 Å². The number of ether oxygens (including phenoxy) is 2. The molecule has 0 bridgehead atoms. The fraction of sp³-hybridized carbons (Fsp3) is 0.217. The van der Waals surface area contributed by atoms with E-state index in [1.54, 1.807) is 30.3 Å². The summed E-state index contributed by atoms with van der Waals surface area (Å²) in [7, 11) is 3.02. The molecule has 2 aromatic carbocycles. The molecule has 10 nitrogen and oxygen atoms in total. The minimum absolute atomic E-state index is 0.0950. The van der Waals surface area contributed by atoms with Gasteiger partial charge in [-0.1, -0.05) is 11.6 Å². The van der Waals surface area contributed by atoms with Gasteiger partial charge in [-0.15, -0.1) is 0 Å². The lowest BCUT2D eigenvalue weighted by molar-refractivity contribution is -0.130. The van der Waals surface area contributed by atoms with Crippen LogP contribution < -0.4 is 20.7 Å². The van der Waals surface area contributed by atoms with Gasteiger partial charge in [-0.25, -0.2) is 14.4 Å². The van der Waals surface area contributed by atoms with E-state index in [1.165, 1.54) is 38.3 Å². The summed E-state index contributed by atoms with van der Waals surface area (Å²) in [6, 6.07) is 10.7. The average Bonchev–Trinajstić information content (AvgIpc) is 3.24. The van der Waals surface area contributed by atoms with Crippen LogP contribution in [-0.4, -0.2) is 45.5 Å². The molecule has 3 aromatic rings. The summed E-state index contributed by atoms with van der Waals surface area (Å²) in [5.41, 5.74) is -0.796. The predicted octanol–water partition coefficient (Wildman–Crippen LogP) is 2.60. The Hall–Kier alpha value is -4.05. The normalized spacial score (nSPS) is 15.2. The Bertz CT molecular complexity index is 1410. The second-order valence-corrected chi connectivity index (χ2v) is 7.94. The molecule has 2 N–H and O–H groups in total. The number of benzene rings is 2. The van der Waals surface area contributed by atoms with Gasteiger partial charge in [0.2, 0.25) is 11.8 Å². The molecule has 0 saturated carbocycles. The Morgan fingerprint density at radius 3 is 2.47 bits per heavy atom. The predicted molar refractivity (Wildman–Crippen MR) is 125 cm³/mol. The molecule has 0 unspecified atom stereocenters. The first kappa shape index (κ1) is 23.1. The van der Waals surface area contributed by atoms with Gasteiger partial charge in [-0.05, 0) is 36.4 Å². The van der Waals surface area contributed by atoms with Crippen LogP contribution in [0.1, 0.15) is 30.5 Å². The van der Waals surface area contributed by atoms with E-state index in [2.05, 4.69) is 10.1 Å². The number of hydrazone groups is 1. The van der Waals surface area contributed by atoms with Crippen LogP contribution in [0.5, 0.6) is 17.4 Å². The van der Waals surface area contributed by atoms with Crippen molar-refractivity contribution in [2.75, 3.05) is 14.2 Å². The van der Waals surface area contributed by atoms with Crippen LogP contribution in [0.2, 0.25) is 5.02 Å². The summed E-state index contributed by atoms with van der Waals surface area (Å²) >= 11 is 5.92. The molecule has 0 saturated heterocycles. The third-order valence-corrected chi connectivity index (χ3v) is 5.74. The zero-order chi connectivity index (χ0) is 24.6. The zero-order valence-electron chi connectivity index (χ0n) is 18.5. The molecule has 1 aliphatic heterocycles. The summed E-state index contributed by atoms with van der Waals surface area (Å²) in [4.78, 5) is 39.9. The molecule has 11 heteroatoms. The molecule has 1 atom stereocenters. The number of halogens is 1. The van der Waals surface area contributed by atoms with Crippen LogP contribution >= 0.6 is 11.6 Å². The molecule has 2 heterocycles. The van der Waals surface area contributed by atoms with Crippen molar-refractivity contribution >= 4 is 23.2 Å². The number of aromatic amines is 1. The minimum Gasteiger partial charge on any atom is -0.497 e. The molecule has 0 spiro atoms. The van der Waals surface area contributed by atoms with Crippen LogP contribution in [0.25, 0.3) is 5.69 Å². The van der Waals surface area contributed by atoms with Gasteiger partial charge in [0.1, 0.15) is 17.1 Å². The van der Waals surface area contributed by atoms with Crippen molar-refractivity contribution in [2.45, 2.75) is 19.4 Å². The Morgan fingerprint density at radius 1 is 1.15 bits per heavy atom. The van der Waals surface area contributed by atoms with Crippen molar-refractivity contribution in [2.24, 2.45) is 5.10 Å². The quantitative estimate of drug-likeness (QED) is 0.573. The maximum atomic E-state index is 12.7. The number of aromatic hydroxyl groups is 1. The third kappa shape index (κ3) is 4.03. The lowest BCUT2D eigenvalue weighted by Gasteiger charge is -2.22. The molecule has 4 rings (SSSR count). The number of rotatable bonds is 5. The van der Waals surface area contributed by atoms with E-state index in [0.29, 0.717) is 27.8 Å². The molecule has 1 aliphatic rings. The molecule has 0 radical (unpaired) electrons. The first-order valence-corrected chi connectivity index (χ1v) is 10.6. The number of hydrogen-bond donors (Lipinski definition) is 2.